The molecular weight excluding hydrogens is 198 g/mol. The number of allylic oxidation sites excluding steroid dienone is 1. The molecule has 3 nitrogen and oxygen atoms in total. The van der Waals surface area contributed by atoms with Gasteiger partial charge in [0, 0.05) is 16.9 Å². The van der Waals surface area contributed by atoms with Crippen molar-refractivity contribution in [3.63, 3.8) is 0 Å². The molecule has 0 aliphatic carbocycles. The zero-order chi connectivity index (χ0) is 12.6. The van der Waals surface area contributed by atoms with E-state index in [4.69, 9.17) is 11.1 Å². The van der Waals surface area contributed by atoms with Crippen LogP contribution < -0.4 is 11.1 Å². The van der Waals surface area contributed by atoms with E-state index in [0.717, 1.165) is 23.4 Å². The SMILES string of the molecule is C=C(CC)Nc1ccc(C(=N)N)cc1.CC. The molecule has 0 saturated heterocycles. The first-order chi connectivity index (χ1) is 7.63. The van der Waals surface area contributed by atoms with Gasteiger partial charge in [0.1, 0.15) is 5.84 Å². The van der Waals surface area contributed by atoms with Gasteiger partial charge in [0.25, 0.3) is 0 Å². The van der Waals surface area contributed by atoms with Crippen molar-refractivity contribution in [1.82, 2.24) is 0 Å². The van der Waals surface area contributed by atoms with E-state index >= 15 is 0 Å². The molecule has 0 aromatic heterocycles. The highest BCUT2D eigenvalue weighted by Gasteiger charge is 1.96. The summed E-state index contributed by atoms with van der Waals surface area (Å²) >= 11 is 0. The van der Waals surface area contributed by atoms with Crippen LogP contribution >= 0.6 is 0 Å². The fourth-order valence-electron chi connectivity index (χ4n) is 1.03. The zero-order valence-corrected chi connectivity index (χ0v) is 10.3. The summed E-state index contributed by atoms with van der Waals surface area (Å²) in [5, 5.41) is 10.4. The molecule has 0 saturated carbocycles. The number of nitrogen functional groups attached to an aromatic ring is 1. The molecular formula is C13H21N3. The highest BCUT2D eigenvalue weighted by atomic mass is 14.9. The van der Waals surface area contributed by atoms with Crippen LogP contribution in [-0.4, -0.2) is 5.84 Å². The van der Waals surface area contributed by atoms with Gasteiger partial charge in [-0.15, -0.1) is 0 Å². The lowest BCUT2D eigenvalue weighted by molar-refractivity contribution is 1.11. The second kappa shape index (κ2) is 7.51. The predicted octanol–water partition coefficient (Wildman–Crippen LogP) is 3.33. The molecule has 1 aromatic carbocycles. The number of benzene rings is 1. The number of nitrogens with one attached hydrogen (secondary N) is 2. The topological polar surface area (TPSA) is 61.9 Å². The fourth-order valence-corrected chi connectivity index (χ4v) is 1.03. The van der Waals surface area contributed by atoms with Gasteiger partial charge in [0.2, 0.25) is 0 Å². The molecule has 88 valence electrons. The van der Waals surface area contributed by atoms with E-state index in [-0.39, 0.29) is 5.84 Å². The van der Waals surface area contributed by atoms with Crippen LogP contribution in [0.5, 0.6) is 0 Å². The lowest BCUT2D eigenvalue weighted by Crippen LogP contribution is -2.10. The molecule has 1 rings (SSSR count). The Labute approximate surface area is 97.9 Å². The maximum Gasteiger partial charge on any atom is 0.122 e. The molecule has 0 aliphatic heterocycles. The Morgan fingerprint density at radius 1 is 1.31 bits per heavy atom. The lowest BCUT2D eigenvalue weighted by Gasteiger charge is -2.07. The van der Waals surface area contributed by atoms with E-state index in [0.29, 0.717) is 0 Å². The predicted molar refractivity (Wildman–Crippen MR) is 71.9 cm³/mol. The first kappa shape index (κ1) is 14.2. The number of hydrogen-bond donors (Lipinski definition) is 3. The maximum absolute atomic E-state index is 7.22. The van der Waals surface area contributed by atoms with Crippen molar-refractivity contribution in [2.24, 2.45) is 5.73 Å². The molecule has 0 spiro atoms. The van der Waals surface area contributed by atoms with Crippen molar-refractivity contribution < 1.29 is 0 Å². The van der Waals surface area contributed by atoms with Crippen molar-refractivity contribution in [1.29, 1.82) is 5.41 Å². The summed E-state index contributed by atoms with van der Waals surface area (Å²) in [6.45, 7) is 9.89. The summed E-state index contributed by atoms with van der Waals surface area (Å²) in [6, 6.07) is 7.40. The number of amidine groups is 1. The average molecular weight is 219 g/mol. The van der Waals surface area contributed by atoms with Crippen LogP contribution in [0.15, 0.2) is 36.5 Å². The van der Waals surface area contributed by atoms with E-state index in [1.165, 1.54) is 0 Å². The third-order valence-electron chi connectivity index (χ3n) is 1.94. The van der Waals surface area contributed by atoms with E-state index in [2.05, 4.69) is 11.9 Å². The lowest BCUT2D eigenvalue weighted by atomic mass is 10.2. The monoisotopic (exact) mass is 219 g/mol. The van der Waals surface area contributed by atoms with Crippen LogP contribution in [0.3, 0.4) is 0 Å². The third-order valence-corrected chi connectivity index (χ3v) is 1.94. The van der Waals surface area contributed by atoms with Crippen LogP contribution in [0, 0.1) is 5.41 Å². The molecule has 0 aliphatic rings. The fraction of sp³-hybridized carbons (Fsp3) is 0.308. The highest BCUT2D eigenvalue weighted by Crippen LogP contribution is 2.12. The number of anilines is 1. The molecule has 16 heavy (non-hydrogen) atoms. The van der Waals surface area contributed by atoms with Crippen LogP contribution in [-0.2, 0) is 0 Å². The molecule has 0 heterocycles. The van der Waals surface area contributed by atoms with E-state index in [1.54, 1.807) is 0 Å². The van der Waals surface area contributed by atoms with Crippen molar-refractivity contribution in [3.8, 4) is 0 Å². The Morgan fingerprint density at radius 2 is 1.81 bits per heavy atom. The summed E-state index contributed by atoms with van der Waals surface area (Å²) in [4.78, 5) is 0. The minimum Gasteiger partial charge on any atom is -0.384 e. The van der Waals surface area contributed by atoms with Gasteiger partial charge in [-0.25, -0.2) is 0 Å². The summed E-state index contributed by atoms with van der Waals surface area (Å²) in [7, 11) is 0. The average Bonchev–Trinajstić information content (AvgIpc) is 2.32. The smallest absolute Gasteiger partial charge is 0.122 e. The molecule has 0 radical (unpaired) electrons. The molecule has 1 aromatic rings. The van der Waals surface area contributed by atoms with Crippen molar-refractivity contribution in [2.45, 2.75) is 27.2 Å². The van der Waals surface area contributed by atoms with Crippen LogP contribution in [0.1, 0.15) is 32.8 Å². The normalized spacial score (nSPS) is 8.69. The molecule has 0 atom stereocenters. The molecule has 4 N–H and O–H groups in total. The van der Waals surface area contributed by atoms with Gasteiger partial charge < -0.3 is 11.1 Å². The van der Waals surface area contributed by atoms with Gasteiger partial charge in [-0.1, -0.05) is 27.4 Å². The van der Waals surface area contributed by atoms with Crippen molar-refractivity contribution in [2.75, 3.05) is 5.32 Å². The van der Waals surface area contributed by atoms with Gasteiger partial charge in [-0.05, 0) is 30.7 Å². The highest BCUT2D eigenvalue weighted by molar-refractivity contribution is 5.95. The minimum atomic E-state index is 0.0888. The summed E-state index contributed by atoms with van der Waals surface area (Å²) in [5.74, 6) is 0.0888. The van der Waals surface area contributed by atoms with E-state index in [9.17, 15) is 0 Å². The summed E-state index contributed by atoms with van der Waals surface area (Å²) < 4.78 is 0. The van der Waals surface area contributed by atoms with Crippen molar-refractivity contribution in [3.05, 3.63) is 42.1 Å². The standard InChI is InChI=1S/C11H15N3.C2H6/c1-3-8(2)14-10-6-4-9(5-7-10)11(12)13;1-2/h4-7,14H,2-3H2,1H3,(H3,12,13);1-2H3. The molecule has 0 fully saturated rings. The minimum absolute atomic E-state index is 0.0888. The van der Waals surface area contributed by atoms with Crippen LogP contribution in [0.2, 0.25) is 0 Å². The van der Waals surface area contributed by atoms with E-state index < -0.39 is 0 Å². The zero-order valence-electron chi connectivity index (χ0n) is 10.3. The van der Waals surface area contributed by atoms with Gasteiger partial charge in [-0.2, -0.15) is 0 Å². The molecule has 3 heteroatoms. The van der Waals surface area contributed by atoms with Gasteiger partial charge in [0.05, 0.1) is 0 Å². The third kappa shape index (κ3) is 4.64. The Morgan fingerprint density at radius 3 is 2.19 bits per heavy atom. The Kier molecular flexibility index (Phi) is 6.68. The first-order valence-corrected chi connectivity index (χ1v) is 5.52. The second-order valence-electron chi connectivity index (χ2n) is 3.07. The van der Waals surface area contributed by atoms with Gasteiger partial charge in [-0.3, -0.25) is 5.41 Å². The largest absolute Gasteiger partial charge is 0.384 e. The molecule has 0 unspecified atom stereocenters. The maximum atomic E-state index is 7.22. The summed E-state index contributed by atoms with van der Waals surface area (Å²) in [6.07, 6.45) is 0.897. The second-order valence-corrected chi connectivity index (χ2v) is 3.07. The van der Waals surface area contributed by atoms with E-state index in [1.807, 2.05) is 45.0 Å². The Balaban J connectivity index is 0.00000106. The first-order valence-electron chi connectivity index (χ1n) is 5.52. The number of hydrogen-bond acceptors (Lipinski definition) is 2. The van der Waals surface area contributed by atoms with Gasteiger partial charge in [0.15, 0.2) is 0 Å². The van der Waals surface area contributed by atoms with Crippen LogP contribution in [0.4, 0.5) is 5.69 Å². The van der Waals surface area contributed by atoms with Gasteiger partial charge >= 0.3 is 0 Å². The Hall–Kier alpha value is -1.77. The quantitative estimate of drug-likeness (QED) is 0.537. The number of rotatable bonds is 4. The Bertz CT molecular complexity index is 339. The molecule has 0 bridgehead atoms. The van der Waals surface area contributed by atoms with Crippen molar-refractivity contribution >= 4 is 11.5 Å². The number of nitrogens with two attached hydrogens (primary N) is 1. The molecule has 0 amide bonds. The van der Waals surface area contributed by atoms with Crippen LogP contribution in [0.25, 0.3) is 0 Å². The summed E-state index contributed by atoms with van der Waals surface area (Å²) in [5.41, 5.74) is 8.02.